The van der Waals surface area contributed by atoms with Crippen molar-refractivity contribution in [2.24, 2.45) is 0 Å². The summed E-state index contributed by atoms with van der Waals surface area (Å²) in [6.45, 7) is 0. The number of carbonyl (C=O) groups excluding carboxylic acids is 1. The zero-order valence-corrected chi connectivity index (χ0v) is 9.57. The number of nitrogens with zero attached hydrogens (tertiary/aromatic N) is 1. The summed E-state index contributed by atoms with van der Waals surface area (Å²) in [6.07, 6.45) is 7.80. The van der Waals surface area contributed by atoms with E-state index in [9.17, 15) is 4.79 Å². The molecule has 17 heavy (non-hydrogen) atoms. The van der Waals surface area contributed by atoms with Gasteiger partial charge < -0.3 is 4.98 Å². The number of nitrogens with one attached hydrogen (secondary N) is 1. The number of ketones is 1. The van der Waals surface area contributed by atoms with Gasteiger partial charge in [0.1, 0.15) is 0 Å². The molecule has 0 spiro atoms. The molecule has 0 radical (unpaired) electrons. The van der Waals surface area contributed by atoms with Crippen LogP contribution in [0.4, 0.5) is 0 Å². The van der Waals surface area contributed by atoms with E-state index in [1.165, 1.54) is 24.0 Å². The van der Waals surface area contributed by atoms with E-state index in [2.05, 4.69) is 16.0 Å². The van der Waals surface area contributed by atoms with Crippen molar-refractivity contribution < 1.29 is 4.79 Å². The molecule has 1 aliphatic carbocycles. The molecular weight excluding hydrogens is 212 g/mol. The number of rotatable bonds is 2. The Morgan fingerprint density at radius 1 is 1.24 bits per heavy atom. The first kappa shape index (κ1) is 10.3. The minimum atomic E-state index is 0.00810. The number of hydrogen-bond donors (Lipinski definition) is 1. The Morgan fingerprint density at radius 2 is 2.12 bits per heavy atom. The molecule has 0 aliphatic heterocycles. The lowest BCUT2D eigenvalue weighted by Crippen LogP contribution is -2.12. The van der Waals surface area contributed by atoms with E-state index in [-0.39, 0.29) is 5.78 Å². The summed E-state index contributed by atoms with van der Waals surface area (Å²) in [5.41, 5.74) is 3.37. The Hall–Kier alpha value is -1.90. The lowest BCUT2D eigenvalue weighted by Gasteiger charge is -2.18. The Labute approximate surface area is 99.9 Å². The fraction of sp³-hybridized carbons (Fsp3) is 0.286. The molecule has 1 heterocycles. The zero-order chi connectivity index (χ0) is 11.7. The molecule has 1 N–H and O–H groups in total. The number of benzene rings is 1. The average molecular weight is 226 g/mol. The molecule has 1 aliphatic rings. The largest absolute Gasteiger partial charge is 0.342 e. The average Bonchev–Trinajstić information content (AvgIpc) is 2.91. The minimum absolute atomic E-state index is 0.00810. The van der Waals surface area contributed by atoms with Crippen LogP contribution < -0.4 is 0 Å². The van der Waals surface area contributed by atoms with Crippen LogP contribution in [-0.4, -0.2) is 15.8 Å². The number of H-pyrrole nitrogens is 1. The fourth-order valence-electron chi connectivity index (χ4n) is 2.51. The highest BCUT2D eigenvalue weighted by Crippen LogP contribution is 2.25. The summed E-state index contributed by atoms with van der Waals surface area (Å²) in [4.78, 5) is 19.2. The third-order valence-electron chi connectivity index (χ3n) is 3.35. The van der Waals surface area contributed by atoms with Crippen LogP contribution in [-0.2, 0) is 12.8 Å². The van der Waals surface area contributed by atoms with E-state index in [4.69, 9.17) is 0 Å². The van der Waals surface area contributed by atoms with Gasteiger partial charge in [0.25, 0.3) is 0 Å². The van der Waals surface area contributed by atoms with Gasteiger partial charge in [0.05, 0.1) is 0 Å². The van der Waals surface area contributed by atoms with Gasteiger partial charge in [0, 0.05) is 18.0 Å². The van der Waals surface area contributed by atoms with E-state index in [1.807, 2.05) is 12.1 Å². The van der Waals surface area contributed by atoms with Gasteiger partial charge in [0.15, 0.2) is 5.82 Å². The molecule has 0 saturated heterocycles. The number of imidazole rings is 1. The first-order valence-corrected chi connectivity index (χ1v) is 6.01. The maximum atomic E-state index is 12.3. The van der Waals surface area contributed by atoms with Gasteiger partial charge in [-0.2, -0.15) is 0 Å². The number of hydrogen-bond acceptors (Lipinski definition) is 2. The summed E-state index contributed by atoms with van der Waals surface area (Å²) in [5, 5.41) is 0. The maximum Gasteiger partial charge on any atom is 0.228 e. The number of carbonyl (C=O) groups is 1. The summed E-state index contributed by atoms with van der Waals surface area (Å²) in [5.74, 6) is 0.442. The van der Waals surface area contributed by atoms with E-state index < -0.39 is 0 Å². The summed E-state index contributed by atoms with van der Waals surface area (Å²) < 4.78 is 0. The monoisotopic (exact) mass is 226 g/mol. The number of aromatic amines is 1. The van der Waals surface area contributed by atoms with Crippen LogP contribution in [0, 0.1) is 0 Å². The van der Waals surface area contributed by atoms with Crippen LogP contribution in [0.1, 0.15) is 40.2 Å². The molecule has 0 amide bonds. The van der Waals surface area contributed by atoms with Crippen molar-refractivity contribution in [3.63, 3.8) is 0 Å². The molecule has 0 unspecified atom stereocenters. The van der Waals surface area contributed by atoms with Crippen LogP contribution in [0.5, 0.6) is 0 Å². The van der Waals surface area contributed by atoms with Crippen molar-refractivity contribution in [1.29, 1.82) is 0 Å². The fourth-order valence-corrected chi connectivity index (χ4v) is 2.51. The normalized spacial score (nSPS) is 14.4. The Balaban J connectivity index is 2.06. The van der Waals surface area contributed by atoms with E-state index in [0.717, 1.165) is 18.4 Å². The summed E-state index contributed by atoms with van der Waals surface area (Å²) in [6, 6.07) is 6.02. The minimum Gasteiger partial charge on any atom is -0.342 e. The maximum absolute atomic E-state index is 12.3. The molecule has 0 fully saturated rings. The first-order valence-electron chi connectivity index (χ1n) is 6.01. The molecule has 0 bridgehead atoms. The van der Waals surface area contributed by atoms with E-state index in [0.29, 0.717) is 5.82 Å². The lowest BCUT2D eigenvalue weighted by molar-refractivity contribution is 0.102. The topological polar surface area (TPSA) is 45.8 Å². The summed E-state index contributed by atoms with van der Waals surface area (Å²) in [7, 11) is 0. The second kappa shape index (κ2) is 4.17. The van der Waals surface area contributed by atoms with E-state index >= 15 is 0 Å². The lowest BCUT2D eigenvalue weighted by atomic mass is 9.87. The number of aromatic nitrogens is 2. The quantitative estimate of drug-likeness (QED) is 0.800. The molecule has 1 aromatic heterocycles. The molecular formula is C14H14N2O. The predicted octanol–water partition coefficient (Wildman–Crippen LogP) is 2.52. The van der Waals surface area contributed by atoms with Crippen molar-refractivity contribution in [2.45, 2.75) is 25.7 Å². The van der Waals surface area contributed by atoms with Gasteiger partial charge in [-0.15, -0.1) is 0 Å². The summed E-state index contributed by atoms with van der Waals surface area (Å²) >= 11 is 0. The third-order valence-corrected chi connectivity index (χ3v) is 3.35. The zero-order valence-electron chi connectivity index (χ0n) is 9.57. The molecule has 0 saturated carbocycles. The number of aryl methyl sites for hydroxylation is 1. The molecule has 2 aromatic rings. The van der Waals surface area contributed by atoms with Crippen molar-refractivity contribution in [3.8, 4) is 0 Å². The highest BCUT2D eigenvalue weighted by molar-refractivity contribution is 6.07. The smallest absolute Gasteiger partial charge is 0.228 e. The second-order valence-electron chi connectivity index (χ2n) is 4.42. The SMILES string of the molecule is O=C(c1ncc[nH]1)c1cccc2c1CCCC2. The van der Waals surface area contributed by atoms with Crippen molar-refractivity contribution in [2.75, 3.05) is 0 Å². The Morgan fingerprint density at radius 3 is 2.94 bits per heavy atom. The molecule has 1 aromatic carbocycles. The predicted molar refractivity (Wildman–Crippen MR) is 65.1 cm³/mol. The first-order chi connectivity index (χ1) is 8.36. The van der Waals surface area contributed by atoms with Crippen LogP contribution >= 0.6 is 0 Å². The highest BCUT2D eigenvalue weighted by Gasteiger charge is 2.19. The van der Waals surface area contributed by atoms with Crippen LogP contribution in [0.2, 0.25) is 0 Å². The third kappa shape index (κ3) is 1.78. The van der Waals surface area contributed by atoms with Crippen LogP contribution in [0.3, 0.4) is 0 Å². The molecule has 3 nitrogen and oxygen atoms in total. The molecule has 86 valence electrons. The number of fused-ring (bicyclic) bond motifs is 1. The van der Waals surface area contributed by atoms with Gasteiger partial charge >= 0.3 is 0 Å². The van der Waals surface area contributed by atoms with Gasteiger partial charge in [-0.05, 0) is 36.8 Å². The molecule has 3 rings (SSSR count). The van der Waals surface area contributed by atoms with Crippen LogP contribution in [0.25, 0.3) is 0 Å². The second-order valence-corrected chi connectivity index (χ2v) is 4.42. The van der Waals surface area contributed by atoms with Crippen LogP contribution in [0.15, 0.2) is 30.6 Å². The Bertz CT molecular complexity index is 543. The van der Waals surface area contributed by atoms with Gasteiger partial charge in [-0.1, -0.05) is 18.2 Å². The van der Waals surface area contributed by atoms with Crippen molar-refractivity contribution in [1.82, 2.24) is 9.97 Å². The Kier molecular flexibility index (Phi) is 2.52. The van der Waals surface area contributed by atoms with Gasteiger partial charge in [0.2, 0.25) is 5.78 Å². The van der Waals surface area contributed by atoms with Crippen molar-refractivity contribution in [3.05, 3.63) is 53.1 Å². The molecule has 3 heteroatoms. The highest BCUT2D eigenvalue weighted by atomic mass is 16.1. The molecule has 0 atom stereocenters. The van der Waals surface area contributed by atoms with E-state index in [1.54, 1.807) is 12.4 Å². The standard InChI is InChI=1S/C14H14N2O/c17-13(14-15-8-9-16-14)12-7-3-5-10-4-1-2-6-11(10)12/h3,5,7-9H,1-2,4,6H2,(H,15,16). The van der Waals surface area contributed by atoms with Gasteiger partial charge in [-0.3, -0.25) is 4.79 Å². The van der Waals surface area contributed by atoms with Crippen molar-refractivity contribution >= 4 is 5.78 Å². The van der Waals surface area contributed by atoms with Gasteiger partial charge in [-0.25, -0.2) is 4.98 Å².